The quantitative estimate of drug-likeness (QED) is 0.525. The van der Waals surface area contributed by atoms with Gasteiger partial charge in [-0.2, -0.15) is 10.4 Å². The Morgan fingerprint density at radius 2 is 1.83 bits per heavy atom. The number of nitriles is 1. The third-order valence-electron chi connectivity index (χ3n) is 5.24. The molecule has 2 aromatic heterocycles. The van der Waals surface area contributed by atoms with E-state index in [1.54, 1.807) is 6.07 Å². The Morgan fingerprint density at radius 3 is 2.52 bits per heavy atom. The van der Waals surface area contributed by atoms with Crippen molar-refractivity contribution in [2.24, 2.45) is 0 Å². The maximum absolute atomic E-state index is 13.6. The highest BCUT2D eigenvalue weighted by atomic mass is 35.5. The summed E-state index contributed by atoms with van der Waals surface area (Å²) in [5.41, 5.74) is 10.5. The van der Waals surface area contributed by atoms with Gasteiger partial charge in [-0.25, -0.2) is 14.4 Å². The van der Waals surface area contributed by atoms with Gasteiger partial charge >= 0.3 is 0 Å². The molecule has 4 aromatic rings. The number of nitrogens with two attached hydrogens (primary N) is 1. The molecule has 0 aliphatic heterocycles. The highest BCUT2D eigenvalue weighted by molar-refractivity contribution is 5.98. The van der Waals surface area contributed by atoms with E-state index in [9.17, 15) is 4.39 Å². The summed E-state index contributed by atoms with van der Waals surface area (Å²) in [6.07, 6.45) is 1.76. The molecule has 8 heteroatoms. The molecule has 0 saturated heterocycles. The van der Waals surface area contributed by atoms with Crippen LogP contribution in [0.15, 0.2) is 42.5 Å². The summed E-state index contributed by atoms with van der Waals surface area (Å²) in [6.45, 7) is 0. The van der Waals surface area contributed by atoms with Crippen LogP contribution in [0.5, 0.6) is 0 Å². The number of hydrogen-bond donors (Lipinski definition) is 2. The first-order chi connectivity index (χ1) is 13.6. The van der Waals surface area contributed by atoms with E-state index in [-0.39, 0.29) is 23.9 Å². The van der Waals surface area contributed by atoms with Crippen molar-refractivity contribution in [3.63, 3.8) is 0 Å². The first-order valence-corrected chi connectivity index (χ1v) is 8.92. The molecule has 2 heterocycles. The molecule has 0 bridgehead atoms. The molecule has 0 saturated carbocycles. The average Bonchev–Trinajstić information content (AvgIpc) is 3.32. The summed E-state index contributed by atoms with van der Waals surface area (Å²) in [5, 5.41) is 16.9. The highest BCUT2D eigenvalue weighted by Gasteiger charge is 2.26. The minimum atomic E-state index is -0.571. The molecular weight excluding hydrogens is 391 g/mol. The number of hydrogen-bond acceptors (Lipinski definition) is 5. The zero-order valence-electron chi connectivity index (χ0n) is 15.2. The fourth-order valence-corrected chi connectivity index (χ4v) is 3.87. The summed E-state index contributed by atoms with van der Waals surface area (Å²) in [6, 6.07) is 14.4. The van der Waals surface area contributed by atoms with Crippen molar-refractivity contribution in [1.82, 2.24) is 20.2 Å². The maximum atomic E-state index is 13.6. The fourth-order valence-electron chi connectivity index (χ4n) is 3.87. The molecule has 2 aromatic carbocycles. The zero-order valence-corrected chi connectivity index (χ0v) is 16.0. The zero-order chi connectivity index (χ0) is 19.3. The summed E-state index contributed by atoms with van der Waals surface area (Å²) in [5.74, 6) is 0.612. The molecule has 1 aliphatic carbocycles. The molecule has 5 rings (SSSR count). The van der Waals surface area contributed by atoms with Crippen LogP contribution in [-0.2, 0) is 12.8 Å². The molecule has 0 unspecified atom stereocenters. The average molecular weight is 407 g/mol. The van der Waals surface area contributed by atoms with Crippen LogP contribution in [0.4, 0.5) is 10.2 Å². The largest absolute Gasteiger partial charge is 0.383 e. The van der Waals surface area contributed by atoms with Gasteiger partial charge in [-0.3, -0.25) is 5.10 Å². The second-order valence-electron chi connectivity index (χ2n) is 6.94. The van der Waals surface area contributed by atoms with Gasteiger partial charge < -0.3 is 5.73 Å². The van der Waals surface area contributed by atoms with Gasteiger partial charge in [0.15, 0.2) is 5.65 Å². The van der Waals surface area contributed by atoms with Crippen LogP contribution in [0.1, 0.15) is 28.4 Å². The van der Waals surface area contributed by atoms with E-state index in [2.05, 4.69) is 32.3 Å². The van der Waals surface area contributed by atoms with Gasteiger partial charge in [0.2, 0.25) is 0 Å². The van der Waals surface area contributed by atoms with Crippen LogP contribution < -0.4 is 5.73 Å². The van der Waals surface area contributed by atoms with E-state index in [4.69, 9.17) is 11.0 Å². The number of aromatic amines is 1. The van der Waals surface area contributed by atoms with Gasteiger partial charge in [0.25, 0.3) is 0 Å². The molecule has 0 fully saturated rings. The van der Waals surface area contributed by atoms with Crippen LogP contribution in [0.25, 0.3) is 22.3 Å². The topological polar surface area (TPSA) is 104 Å². The standard InChI is InChI=1S/C21H15FN6.ClH/c22-16-6-5-13(9-15(16)10-23)18-17-19(24)25-20(26-21(17)28-27-18)14-7-11-3-1-2-4-12(11)8-14;/h1-6,9,14H,7-8H2,(H3,24,25,26,27,28);1H. The Bertz CT molecular complexity index is 1250. The van der Waals surface area contributed by atoms with Gasteiger partial charge in [-0.1, -0.05) is 24.3 Å². The summed E-state index contributed by atoms with van der Waals surface area (Å²) in [7, 11) is 0. The van der Waals surface area contributed by atoms with Crippen molar-refractivity contribution >= 4 is 29.3 Å². The number of nitrogen functional groups attached to an aromatic ring is 1. The van der Waals surface area contributed by atoms with Crippen molar-refractivity contribution in [1.29, 1.82) is 5.26 Å². The van der Waals surface area contributed by atoms with Crippen molar-refractivity contribution in [3.05, 3.63) is 70.8 Å². The lowest BCUT2D eigenvalue weighted by Gasteiger charge is -2.09. The Kier molecular flexibility index (Phi) is 4.65. The summed E-state index contributed by atoms with van der Waals surface area (Å²) < 4.78 is 13.6. The first kappa shape index (κ1) is 18.8. The monoisotopic (exact) mass is 406 g/mol. The van der Waals surface area contributed by atoms with Crippen molar-refractivity contribution in [3.8, 4) is 17.3 Å². The van der Waals surface area contributed by atoms with Crippen LogP contribution in [-0.4, -0.2) is 20.2 Å². The molecule has 3 N–H and O–H groups in total. The SMILES string of the molecule is Cl.N#Cc1cc(-c2n[nH]c3nc(C4Cc5ccccc5C4)nc(N)c23)ccc1F. The predicted octanol–water partition coefficient (Wildman–Crippen LogP) is 3.92. The molecule has 0 radical (unpaired) electrons. The predicted molar refractivity (Wildman–Crippen MR) is 110 cm³/mol. The molecule has 0 amide bonds. The number of nitrogens with one attached hydrogen (secondary N) is 1. The van der Waals surface area contributed by atoms with Crippen molar-refractivity contribution < 1.29 is 4.39 Å². The third-order valence-corrected chi connectivity index (χ3v) is 5.24. The highest BCUT2D eigenvalue weighted by Crippen LogP contribution is 2.35. The van der Waals surface area contributed by atoms with Crippen molar-refractivity contribution in [2.45, 2.75) is 18.8 Å². The summed E-state index contributed by atoms with van der Waals surface area (Å²) in [4.78, 5) is 9.21. The molecule has 1 aliphatic rings. The van der Waals surface area contributed by atoms with Crippen molar-refractivity contribution in [2.75, 3.05) is 5.73 Å². The van der Waals surface area contributed by atoms with Gasteiger partial charge in [-0.05, 0) is 42.2 Å². The number of nitrogens with zero attached hydrogens (tertiary/aromatic N) is 4. The number of halogens is 2. The van der Waals surface area contributed by atoms with Gasteiger partial charge in [-0.15, -0.1) is 12.4 Å². The van der Waals surface area contributed by atoms with Gasteiger partial charge in [0.05, 0.1) is 10.9 Å². The Labute approximate surface area is 172 Å². The van der Waals surface area contributed by atoms with Crippen LogP contribution in [0, 0.1) is 17.1 Å². The van der Waals surface area contributed by atoms with E-state index in [1.165, 1.54) is 23.3 Å². The normalized spacial score (nSPS) is 13.1. The fraction of sp³-hybridized carbons (Fsp3) is 0.143. The molecule has 0 atom stereocenters. The Balaban J connectivity index is 0.00000205. The van der Waals surface area contributed by atoms with Gasteiger partial charge in [0, 0.05) is 11.5 Å². The van der Waals surface area contributed by atoms with Crippen LogP contribution in [0.3, 0.4) is 0 Å². The number of aromatic nitrogens is 4. The second kappa shape index (κ2) is 7.15. The van der Waals surface area contributed by atoms with E-state index >= 15 is 0 Å². The van der Waals surface area contributed by atoms with Crippen LogP contribution >= 0.6 is 12.4 Å². The number of fused-ring (bicyclic) bond motifs is 2. The number of benzene rings is 2. The molecule has 29 heavy (non-hydrogen) atoms. The van der Waals surface area contributed by atoms with Gasteiger partial charge in [0.1, 0.15) is 29.2 Å². The minimum Gasteiger partial charge on any atom is -0.383 e. The maximum Gasteiger partial charge on any atom is 0.161 e. The molecule has 144 valence electrons. The van der Waals surface area contributed by atoms with E-state index < -0.39 is 5.82 Å². The Hall–Kier alpha value is -3.50. The second-order valence-corrected chi connectivity index (χ2v) is 6.94. The Morgan fingerprint density at radius 1 is 1.10 bits per heavy atom. The first-order valence-electron chi connectivity index (χ1n) is 8.92. The smallest absolute Gasteiger partial charge is 0.161 e. The number of H-pyrrole nitrogens is 1. The molecular formula is C21H16ClFN6. The molecule has 0 spiro atoms. The lowest BCUT2D eigenvalue weighted by atomic mass is 10.0. The summed E-state index contributed by atoms with van der Waals surface area (Å²) >= 11 is 0. The lowest BCUT2D eigenvalue weighted by Crippen LogP contribution is -2.07. The molecule has 6 nitrogen and oxygen atoms in total. The lowest BCUT2D eigenvalue weighted by molar-refractivity contribution is 0.624. The van der Waals surface area contributed by atoms with E-state index in [0.717, 1.165) is 12.8 Å². The van der Waals surface area contributed by atoms with E-state index in [1.807, 2.05) is 18.2 Å². The minimum absolute atomic E-state index is 0. The van der Waals surface area contributed by atoms with Crippen LogP contribution in [0.2, 0.25) is 0 Å². The number of anilines is 1. The number of rotatable bonds is 2. The van der Waals surface area contributed by atoms with E-state index in [0.29, 0.717) is 33.9 Å². The third kappa shape index (κ3) is 3.08.